The average Bonchev–Trinajstić information content (AvgIpc) is 3.47. The molecule has 15 heteroatoms. The van der Waals surface area contributed by atoms with Crippen LogP contribution in [0.15, 0.2) is 82.9 Å². The molecule has 3 N–H and O–H groups in total. The minimum atomic E-state index is -4.49. The van der Waals surface area contributed by atoms with E-state index in [4.69, 9.17) is 29.8 Å². The lowest BCUT2D eigenvalue weighted by atomic mass is 9.82. The molecule has 0 fully saturated rings. The number of nitrogens with zero attached hydrogens (tertiary/aromatic N) is 4. The van der Waals surface area contributed by atoms with Gasteiger partial charge in [-0.25, -0.2) is 10.4 Å². The number of alkyl halides is 3. The highest BCUT2D eigenvalue weighted by Crippen LogP contribution is 2.44. The van der Waals surface area contributed by atoms with Gasteiger partial charge in [-0.05, 0) is 85.8 Å². The van der Waals surface area contributed by atoms with Gasteiger partial charge in [0.1, 0.15) is 11.4 Å². The van der Waals surface area contributed by atoms with Crippen LogP contribution in [0.2, 0.25) is 0 Å². The first-order chi connectivity index (χ1) is 23.8. The number of azide groups is 1. The number of esters is 1. The molecule has 12 nitrogen and oxygen atoms in total. The third-order valence-electron chi connectivity index (χ3n) is 7.58. The first-order valence-corrected chi connectivity index (χ1v) is 15.9. The fraction of sp³-hybridized carbons (Fsp3) is 0.400. The van der Waals surface area contributed by atoms with Gasteiger partial charge in [-0.15, -0.1) is 0 Å². The number of rotatable bonds is 15. The van der Waals surface area contributed by atoms with Gasteiger partial charge in [0.05, 0.1) is 18.7 Å². The van der Waals surface area contributed by atoms with Crippen molar-refractivity contribution in [3.8, 4) is 5.75 Å². The molecule has 1 heterocycles. The van der Waals surface area contributed by atoms with Crippen LogP contribution in [-0.2, 0) is 38.3 Å². The minimum Gasteiger partial charge on any atom is -0.494 e. The second-order valence-corrected chi connectivity index (χ2v) is 12.5. The number of aliphatic imine (C=N–C) groups is 1. The SMILES string of the molecule is CC(C)(C)OC(=O)CC[C@]1(C(=O)NNCc2ccc(C(F)(F)F)cc2)N=C(c2ccc(OCCCO)cc2)O[C@H]1c1ccccc1CN=[N+]=[N-]. The number of hydrogen-bond donors (Lipinski definition) is 3. The van der Waals surface area contributed by atoms with E-state index in [-0.39, 0.29) is 38.4 Å². The highest BCUT2D eigenvalue weighted by atomic mass is 19.4. The molecule has 0 radical (unpaired) electrons. The lowest BCUT2D eigenvalue weighted by molar-refractivity contribution is -0.155. The molecular weight excluding hydrogens is 657 g/mol. The highest BCUT2D eigenvalue weighted by Gasteiger charge is 2.54. The number of benzene rings is 3. The molecule has 0 aromatic heterocycles. The summed E-state index contributed by atoms with van der Waals surface area (Å²) in [4.78, 5) is 35.1. The second kappa shape index (κ2) is 16.5. The molecule has 266 valence electrons. The monoisotopic (exact) mass is 696 g/mol. The minimum absolute atomic E-state index is 0.0160. The maximum Gasteiger partial charge on any atom is 0.416 e. The smallest absolute Gasteiger partial charge is 0.416 e. The Morgan fingerprint density at radius 1 is 1.06 bits per heavy atom. The molecule has 50 heavy (non-hydrogen) atoms. The Kier molecular flexibility index (Phi) is 12.5. The third-order valence-corrected chi connectivity index (χ3v) is 7.58. The predicted molar refractivity (Wildman–Crippen MR) is 178 cm³/mol. The molecular formula is C35H39F3N6O6. The number of amides is 1. The molecule has 2 atom stereocenters. The highest BCUT2D eigenvalue weighted by molar-refractivity contribution is 6.01. The Balaban J connectivity index is 1.72. The van der Waals surface area contributed by atoms with Gasteiger partial charge in [0, 0.05) is 36.5 Å². The van der Waals surface area contributed by atoms with E-state index in [0.717, 1.165) is 12.1 Å². The quantitative estimate of drug-likeness (QED) is 0.0408. The van der Waals surface area contributed by atoms with Gasteiger partial charge >= 0.3 is 12.1 Å². The first kappa shape index (κ1) is 37.7. The Bertz CT molecular complexity index is 1700. The Labute approximate surface area is 287 Å². The van der Waals surface area contributed by atoms with E-state index in [1.54, 1.807) is 69.3 Å². The lowest BCUT2D eigenvalue weighted by Gasteiger charge is -2.31. The molecule has 1 aliphatic heterocycles. The van der Waals surface area contributed by atoms with Gasteiger partial charge in [-0.2, -0.15) is 13.2 Å². The van der Waals surface area contributed by atoms with Gasteiger partial charge in [0.2, 0.25) is 5.90 Å². The van der Waals surface area contributed by atoms with Crippen LogP contribution in [0, 0.1) is 0 Å². The number of ether oxygens (including phenoxy) is 3. The van der Waals surface area contributed by atoms with E-state index in [1.165, 1.54) is 12.1 Å². The summed E-state index contributed by atoms with van der Waals surface area (Å²) in [6.45, 7) is 5.37. The molecule has 0 bridgehead atoms. The molecule has 0 unspecified atom stereocenters. The normalized spacial score (nSPS) is 17.3. The van der Waals surface area contributed by atoms with Gasteiger partial charge in [-0.3, -0.25) is 15.0 Å². The third kappa shape index (κ3) is 9.97. The Morgan fingerprint density at radius 3 is 2.40 bits per heavy atom. The number of halogens is 3. The molecule has 1 aliphatic rings. The summed E-state index contributed by atoms with van der Waals surface area (Å²) in [5.41, 5.74) is 13.1. The number of nitrogens with one attached hydrogen (secondary N) is 2. The van der Waals surface area contributed by atoms with Crippen molar-refractivity contribution >= 4 is 17.8 Å². The molecule has 0 aliphatic carbocycles. The molecule has 0 saturated carbocycles. The summed E-state index contributed by atoms with van der Waals surface area (Å²) < 4.78 is 56.8. The average molecular weight is 697 g/mol. The Morgan fingerprint density at radius 2 is 1.76 bits per heavy atom. The van der Waals surface area contributed by atoms with Crippen molar-refractivity contribution in [2.24, 2.45) is 10.1 Å². The number of hydrogen-bond acceptors (Lipinski definition) is 9. The van der Waals surface area contributed by atoms with Crippen molar-refractivity contribution < 1.29 is 42.1 Å². The van der Waals surface area contributed by atoms with Crippen molar-refractivity contribution in [2.45, 2.75) is 76.5 Å². The van der Waals surface area contributed by atoms with Crippen molar-refractivity contribution in [3.05, 3.63) is 111 Å². The largest absolute Gasteiger partial charge is 0.494 e. The second-order valence-electron chi connectivity index (χ2n) is 12.5. The van der Waals surface area contributed by atoms with Crippen LogP contribution in [0.3, 0.4) is 0 Å². The standard InChI is InChI=1S/C35H39F3N6O6/c1-33(2,3)50-29(46)17-18-34(32(47)43-40-21-23-9-13-26(14-10-23)35(36,37)38)30(28-8-5-4-7-25(28)22-41-44-39)49-31(42-34)24-11-15-27(16-12-24)48-20-6-19-45/h4-5,7-16,30,40,45H,6,17-22H2,1-3H3,(H,43,47)/t30-,34-/m0/s1. The predicted octanol–water partition coefficient (Wildman–Crippen LogP) is 6.48. The zero-order valence-electron chi connectivity index (χ0n) is 27.9. The molecule has 0 spiro atoms. The number of aliphatic hydroxyl groups is 1. The van der Waals surface area contributed by atoms with E-state index in [9.17, 15) is 22.8 Å². The summed E-state index contributed by atoms with van der Waals surface area (Å²) in [6, 6.07) is 18.2. The van der Waals surface area contributed by atoms with Gasteiger partial charge < -0.3 is 19.3 Å². The summed E-state index contributed by atoms with van der Waals surface area (Å²) in [7, 11) is 0. The van der Waals surface area contributed by atoms with Crippen molar-refractivity contribution in [1.29, 1.82) is 0 Å². The van der Waals surface area contributed by atoms with E-state index >= 15 is 0 Å². The van der Waals surface area contributed by atoms with E-state index < -0.39 is 40.9 Å². The zero-order valence-corrected chi connectivity index (χ0v) is 27.9. The molecule has 3 aromatic rings. The van der Waals surface area contributed by atoms with Crippen LogP contribution in [0.25, 0.3) is 10.4 Å². The van der Waals surface area contributed by atoms with Crippen molar-refractivity contribution in [3.63, 3.8) is 0 Å². The van der Waals surface area contributed by atoms with Gasteiger partial charge in [-0.1, -0.05) is 41.5 Å². The van der Waals surface area contributed by atoms with E-state index in [1.807, 2.05) is 0 Å². The first-order valence-electron chi connectivity index (χ1n) is 15.9. The fourth-order valence-electron chi connectivity index (χ4n) is 5.22. The van der Waals surface area contributed by atoms with Crippen LogP contribution in [-0.4, -0.2) is 47.2 Å². The fourth-order valence-corrected chi connectivity index (χ4v) is 5.22. The summed E-state index contributed by atoms with van der Waals surface area (Å²) >= 11 is 0. The van der Waals surface area contributed by atoms with Crippen LogP contribution in [0.1, 0.15) is 74.0 Å². The summed E-state index contributed by atoms with van der Waals surface area (Å²) in [6.07, 6.45) is -5.54. The van der Waals surface area contributed by atoms with Crippen molar-refractivity contribution in [2.75, 3.05) is 13.2 Å². The Hall–Kier alpha value is -5.11. The number of carbonyl (C=O) groups is 2. The number of hydrazine groups is 1. The molecule has 0 saturated heterocycles. The molecule has 3 aromatic carbocycles. The number of carbonyl (C=O) groups excluding carboxylic acids is 2. The maximum absolute atomic E-state index is 14.3. The zero-order chi connectivity index (χ0) is 36.4. The van der Waals surface area contributed by atoms with E-state index in [2.05, 4.69) is 20.9 Å². The maximum atomic E-state index is 14.3. The van der Waals surface area contributed by atoms with Gasteiger partial charge in [0.15, 0.2) is 11.6 Å². The lowest BCUT2D eigenvalue weighted by Crippen LogP contribution is -2.53. The summed E-state index contributed by atoms with van der Waals surface area (Å²) in [5, 5.41) is 12.8. The number of aliphatic hydroxyl groups excluding tert-OH is 1. The van der Waals surface area contributed by atoms with E-state index in [0.29, 0.717) is 41.0 Å². The van der Waals surface area contributed by atoms with Crippen molar-refractivity contribution in [1.82, 2.24) is 10.9 Å². The van der Waals surface area contributed by atoms with Crippen LogP contribution in [0.4, 0.5) is 13.2 Å². The van der Waals surface area contributed by atoms with Crippen LogP contribution < -0.4 is 15.6 Å². The van der Waals surface area contributed by atoms with Crippen LogP contribution in [0.5, 0.6) is 5.75 Å². The van der Waals surface area contributed by atoms with Gasteiger partial charge in [0.25, 0.3) is 5.91 Å². The molecule has 4 rings (SSSR count). The topological polar surface area (TPSA) is 167 Å². The summed E-state index contributed by atoms with van der Waals surface area (Å²) in [5.74, 6) is -0.622. The molecule has 1 amide bonds. The van der Waals surface area contributed by atoms with Crippen LogP contribution >= 0.6 is 0 Å².